The maximum atomic E-state index is 12.4. The van der Waals surface area contributed by atoms with Gasteiger partial charge in [-0.15, -0.1) is 5.60 Å². The van der Waals surface area contributed by atoms with Crippen molar-refractivity contribution in [1.29, 1.82) is 0 Å². The first kappa shape index (κ1) is 21.2. The number of hydrogen-bond acceptors (Lipinski definition) is 4. The maximum absolute atomic E-state index is 12.4. The van der Waals surface area contributed by atoms with E-state index in [1.807, 2.05) is 0 Å². The molecule has 0 saturated heterocycles. The van der Waals surface area contributed by atoms with Gasteiger partial charge >= 0.3 is 51.4 Å². The number of nitrogens with zero attached hydrogens (tertiary/aromatic N) is 1. The van der Waals surface area contributed by atoms with Gasteiger partial charge in [0, 0.05) is 6.08 Å². The first-order chi connectivity index (χ1) is 8.09. The molecule has 0 fully saturated rings. The fraction of sp³-hybridized carbons (Fsp3) is 0.385. The van der Waals surface area contributed by atoms with Gasteiger partial charge in [-0.3, -0.25) is 4.79 Å². The average molecular weight is 293 g/mol. The van der Waals surface area contributed by atoms with E-state index >= 15 is 0 Å². The molecule has 0 aliphatic rings. The Labute approximate surface area is 155 Å². The number of pyridine rings is 1. The number of halogens is 1. The van der Waals surface area contributed by atoms with E-state index in [0.717, 1.165) is 18.3 Å². The van der Waals surface area contributed by atoms with Crippen LogP contribution in [-0.2, 0) is 0 Å². The summed E-state index contributed by atoms with van der Waals surface area (Å²) in [7, 11) is 0. The quantitative estimate of drug-likeness (QED) is 0.329. The summed E-state index contributed by atoms with van der Waals surface area (Å²) in [6.07, 6.45) is 1.98. The van der Waals surface area contributed by atoms with Gasteiger partial charge in [0.15, 0.2) is 0 Å². The van der Waals surface area contributed by atoms with Crippen LogP contribution in [0.2, 0.25) is 0 Å². The Kier molecular flexibility index (Phi) is 10.9. The van der Waals surface area contributed by atoms with Crippen molar-refractivity contribution in [3.63, 3.8) is 0 Å². The van der Waals surface area contributed by atoms with Crippen LogP contribution >= 0.6 is 0 Å². The smallest absolute Gasteiger partial charge is 0.850 e. The molecule has 1 aromatic rings. The molecule has 0 unspecified atom stereocenters. The van der Waals surface area contributed by atoms with E-state index < -0.39 is 17.2 Å². The van der Waals surface area contributed by atoms with Crippen molar-refractivity contribution in [3.05, 3.63) is 41.7 Å². The number of aliphatic hydroxyl groups excluding tert-OH is 1. The molecule has 1 aromatic heterocycles. The SMILES string of the molecule is CC(C)(C)[O-].CC(O)=CC(=O)c1ccc(F)cn1.[K+]. The van der Waals surface area contributed by atoms with Crippen LogP contribution in [0, 0.1) is 5.82 Å². The molecule has 6 heteroatoms. The molecule has 1 heterocycles. The van der Waals surface area contributed by atoms with Crippen LogP contribution in [0.15, 0.2) is 30.2 Å². The minimum absolute atomic E-state index is 0. The third-order valence-electron chi connectivity index (χ3n) is 1.32. The zero-order valence-corrected chi connectivity index (χ0v) is 15.0. The third kappa shape index (κ3) is 14.1. The third-order valence-corrected chi connectivity index (χ3v) is 1.32. The largest absolute Gasteiger partial charge is 1.00 e. The second kappa shape index (κ2) is 9.74. The van der Waals surface area contributed by atoms with Crippen LogP contribution in [0.5, 0.6) is 0 Å². The monoisotopic (exact) mass is 293 g/mol. The van der Waals surface area contributed by atoms with E-state index in [1.54, 1.807) is 20.8 Å². The van der Waals surface area contributed by atoms with Crippen molar-refractivity contribution < 1.29 is 70.8 Å². The van der Waals surface area contributed by atoms with Gasteiger partial charge in [0.1, 0.15) is 11.5 Å². The summed E-state index contributed by atoms with van der Waals surface area (Å²) in [5.74, 6) is -1.04. The van der Waals surface area contributed by atoms with E-state index in [0.29, 0.717) is 0 Å². The minimum atomic E-state index is -0.750. The van der Waals surface area contributed by atoms with Crippen molar-refractivity contribution >= 4 is 5.78 Å². The molecule has 4 nitrogen and oxygen atoms in total. The van der Waals surface area contributed by atoms with Crippen LogP contribution in [-0.4, -0.2) is 21.5 Å². The number of ketones is 1. The van der Waals surface area contributed by atoms with Crippen LogP contribution < -0.4 is 56.5 Å². The molecule has 0 atom stereocenters. The van der Waals surface area contributed by atoms with Crippen LogP contribution in [0.4, 0.5) is 4.39 Å². The number of allylic oxidation sites excluding steroid dienone is 2. The molecular weight excluding hydrogens is 276 g/mol. The summed E-state index contributed by atoms with van der Waals surface area (Å²) < 4.78 is 12.4. The second-order valence-electron chi connectivity index (χ2n) is 4.62. The number of carbonyl (C=O) groups is 1. The van der Waals surface area contributed by atoms with E-state index in [9.17, 15) is 14.3 Å². The first-order valence-electron chi connectivity index (χ1n) is 5.33. The summed E-state index contributed by atoms with van der Waals surface area (Å²) in [5, 5.41) is 18.9. The first-order valence-corrected chi connectivity index (χ1v) is 5.33. The van der Waals surface area contributed by atoms with E-state index in [4.69, 9.17) is 5.11 Å². The number of carbonyl (C=O) groups excluding carboxylic acids is 1. The predicted octanol–water partition coefficient (Wildman–Crippen LogP) is -0.986. The van der Waals surface area contributed by atoms with Gasteiger partial charge < -0.3 is 10.2 Å². The zero-order chi connectivity index (χ0) is 14.3. The summed E-state index contributed by atoms with van der Waals surface area (Å²) in [6, 6.07) is 2.40. The van der Waals surface area contributed by atoms with Gasteiger partial charge in [-0.2, -0.15) is 0 Å². The van der Waals surface area contributed by atoms with Crippen LogP contribution in [0.25, 0.3) is 0 Å². The van der Waals surface area contributed by atoms with Crippen LogP contribution in [0.1, 0.15) is 38.2 Å². The number of hydrogen-bond donors (Lipinski definition) is 1. The Morgan fingerprint density at radius 3 is 2.21 bits per heavy atom. The van der Waals surface area contributed by atoms with Gasteiger partial charge in [0.05, 0.1) is 12.0 Å². The molecule has 0 spiro atoms. The Bertz CT molecular complexity index is 415. The molecule has 0 bridgehead atoms. The second-order valence-corrected chi connectivity index (χ2v) is 4.62. The van der Waals surface area contributed by atoms with Crippen molar-refractivity contribution in [2.45, 2.75) is 33.3 Å². The molecule has 100 valence electrons. The molecule has 19 heavy (non-hydrogen) atoms. The van der Waals surface area contributed by atoms with E-state index in [1.165, 1.54) is 13.0 Å². The summed E-state index contributed by atoms with van der Waals surface area (Å²) in [5.41, 5.74) is -0.644. The van der Waals surface area contributed by atoms with Gasteiger partial charge in [-0.25, -0.2) is 9.37 Å². The van der Waals surface area contributed by atoms with E-state index in [-0.39, 0.29) is 62.8 Å². The van der Waals surface area contributed by atoms with Crippen molar-refractivity contribution in [1.82, 2.24) is 4.98 Å². The zero-order valence-electron chi connectivity index (χ0n) is 11.9. The van der Waals surface area contributed by atoms with Gasteiger partial charge in [0.2, 0.25) is 5.78 Å². The Hall–Kier alpha value is -0.114. The molecule has 0 aliphatic heterocycles. The molecule has 0 aromatic carbocycles. The van der Waals surface area contributed by atoms with Gasteiger partial charge in [0.25, 0.3) is 0 Å². The van der Waals surface area contributed by atoms with Crippen LogP contribution in [0.3, 0.4) is 0 Å². The Balaban J connectivity index is 0. The molecule has 0 radical (unpaired) electrons. The molecule has 0 saturated carbocycles. The molecule has 1 N–H and O–H groups in total. The molecule has 0 aliphatic carbocycles. The fourth-order valence-corrected chi connectivity index (χ4v) is 0.785. The molecular formula is C13H17FKNO3. The summed E-state index contributed by atoms with van der Waals surface area (Å²) in [6.45, 7) is 6.27. The van der Waals surface area contributed by atoms with Gasteiger partial charge in [-0.1, -0.05) is 20.8 Å². The van der Waals surface area contributed by atoms with Crippen molar-refractivity contribution in [3.8, 4) is 0 Å². The average Bonchev–Trinajstić information content (AvgIpc) is 2.14. The molecule has 0 amide bonds. The normalized spacial score (nSPS) is 10.9. The van der Waals surface area contributed by atoms with E-state index in [2.05, 4.69) is 4.98 Å². The Morgan fingerprint density at radius 1 is 1.42 bits per heavy atom. The molecule has 1 rings (SSSR count). The summed E-state index contributed by atoms with van der Waals surface area (Å²) in [4.78, 5) is 14.7. The van der Waals surface area contributed by atoms with Crippen molar-refractivity contribution in [2.75, 3.05) is 0 Å². The fourth-order valence-electron chi connectivity index (χ4n) is 0.785. The standard InChI is InChI=1S/C9H8FNO2.C4H9O.K/c1-6(12)4-9(13)8-3-2-7(10)5-11-8;1-4(2,3)5;/h2-5,12H,1H3;1-3H3;/q;-1;+1. The van der Waals surface area contributed by atoms with Crippen molar-refractivity contribution in [2.24, 2.45) is 0 Å². The maximum Gasteiger partial charge on any atom is 1.00 e. The number of aliphatic hydroxyl groups is 1. The minimum Gasteiger partial charge on any atom is -0.850 e. The topological polar surface area (TPSA) is 73.2 Å². The van der Waals surface area contributed by atoms with Gasteiger partial charge in [-0.05, 0) is 19.1 Å². The predicted molar refractivity (Wildman–Crippen MR) is 64.7 cm³/mol. The number of rotatable bonds is 2. The Morgan fingerprint density at radius 2 is 1.89 bits per heavy atom. The summed E-state index contributed by atoms with van der Waals surface area (Å²) >= 11 is 0. The number of aromatic nitrogens is 1.